The van der Waals surface area contributed by atoms with E-state index in [4.69, 9.17) is 9.47 Å². The highest BCUT2D eigenvalue weighted by Crippen LogP contribution is 2.27. The van der Waals surface area contributed by atoms with Crippen molar-refractivity contribution in [2.45, 2.75) is 33.1 Å². The molecule has 0 spiro atoms. The highest BCUT2D eigenvalue weighted by atomic mass is 16.5. The minimum Gasteiger partial charge on any atom is -0.493 e. The van der Waals surface area contributed by atoms with Crippen molar-refractivity contribution in [1.82, 2.24) is 5.43 Å². The van der Waals surface area contributed by atoms with Crippen LogP contribution in [0.5, 0.6) is 11.5 Å². The summed E-state index contributed by atoms with van der Waals surface area (Å²) in [5, 5.41) is 6.82. The predicted octanol–water partition coefficient (Wildman–Crippen LogP) is 3.96. The lowest BCUT2D eigenvalue weighted by molar-refractivity contribution is -0.115. The molecule has 0 aliphatic rings. The number of nitrogens with one attached hydrogen (secondary N) is 2. The Labute approximate surface area is 171 Å². The fourth-order valence-corrected chi connectivity index (χ4v) is 2.62. The van der Waals surface area contributed by atoms with Crippen molar-refractivity contribution in [2.75, 3.05) is 19.5 Å². The number of nitrogens with zero attached hydrogens (tertiary/aromatic N) is 1. The van der Waals surface area contributed by atoms with Gasteiger partial charge in [-0.25, -0.2) is 5.43 Å². The fraction of sp³-hybridized carbons (Fsp3) is 0.318. The summed E-state index contributed by atoms with van der Waals surface area (Å²) >= 11 is 0. The van der Waals surface area contributed by atoms with Gasteiger partial charge in [0.15, 0.2) is 11.5 Å². The van der Waals surface area contributed by atoms with E-state index >= 15 is 0 Å². The van der Waals surface area contributed by atoms with E-state index in [9.17, 15) is 9.59 Å². The van der Waals surface area contributed by atoms with Gasteiger partial charge in [0.25, 0.3) is 5.91 Å². The van der Waals surface area contributed by atoms with E-state index in [-0.39, 0.29) is 12.3 Å². The lowest BCUT2D eigenvalue weighted by atomic mass is 10.0. The Bertz CT molecular complexity index is 889. The van der Waals surface area contributed by atoms with Crippen molar-refractivity contribution in [3.05, 3.63) is 53.6 Å². The molecular formula is C22H27N3O4. The van der Waals surface area contributed by atoms with E-state index in [1.54, 1.807) is 25.1 Å². The quantitative estimate of drug-likeness (QED) is 0.521. The van der Waals surface area contributed by atoms with Gasteiger partial charge in [0, 0.05) is 17.0 Å². The van der Waals surface area contributed by atoms with Gasteiger partial charge < -0.3 is 14.8 Å². The molecule has 0 aromatic heterocycles. The molecule has 7 heteroatoms. The van der Waals surface area contributed by atoms with Crippen LogP contribution in [0.3, 0.4) is 0 Å². The average molecular weight is 397 g/mol. The number of carbonyl (C=O) groups excluding carboxylic acids is 2. The van der Waals surface area contributed by atoms with Crippen LogP contribution in [0.4, 0.5) is 5.69 Å². The first-order chi connectivity index (χ1) is 13.8. The molecule has 2 rings (SSSR count). The van der Waals surface area contributed by atoms with Crippen molar-refractivity contribution in [3.8, 4) is 11.5 Å². The topological polar surface area (TPSA) is 89.0 Å². The number of rotatable bonds is 8. The molecule has 2 aromatic carbocycles. The van der Waals surface area contributed by atoms with Crippen LogP contribution in [0.25, 0.3) is 0 Å². The maximum atomic E-state index is 12.3. The Morgan fingerprint density at radius 2 is 1.66 bits per heavy atom. The zero-order valence-corrected chi connectivity index (χ0v) is 17.4. The van der Waals surface area contributed by atoms with E-state index < -0.39 is 5.91 Å². The second kappa shape index (κ2) is 10.3. The highest BCUT2D eigenvalue weighted by molar-refractivity contribution is 6.06. The van der Waals surface area contributed by atoms with Gasteiger partial charge >= 0.3 is 0 Å². The van der Waals surface area contributed by atoms with Gasteiger partial charge in [0.1, 0.15) is 0 Å². The lowest BCUT2D eigenvalue weighted by Gasteiger charge is -2.09. The first kappa shape index (κ1) is 21.9. The molecule has 2 N–H and O–H groups in total. The first-order valence-electron chi connectivity index (χ1n) is 9.29. The zero-order valence-electron chi connectivity index (χ0n) is 17.4. The summed E-state index contributed by atoms with van der Waals surface area (Å²) in [6, 6.07) is 12.5. The van der Waals surface area contributed by atoms with Gasteiger partial charge in [-0.05, 0) is 48.7 Å². The van der Waals surface area contributed by atoms with E-state index in [0.29, 0.717) is 28.7 Å². The molecule has 7 nitrogen and oxygen atoms in total. The SMILES string of the molecule is COc1ccc(C(=O)N/N=C(\C)CC(=O)Nc2ccc(C(C)C)cc2)cc1OC. The number of hydrogen-bond acceptors (Lipinski definition) is 5. The Morgan fingerprint density at radius 1 is 1.00 bits per heavy atom. The molecule has 0 heterocycles. The van der Waals surface area contributed by atoms with Crippen LogP contribution in [0.1, 0.15) is 49.0 Å². The average Bonchev–Trinajstić information content (AvgIpc) is 2.71. The summed E-state index contributed by atoms with van der Waals surface area (Å²) < 4.78 is 10.3. The van der Waals surface area contributed by atoms with Crippen molar-refractivity contribution < 1.29 is 19.1 Å². The van der Waals surface area contributed by atoms with Crippen molar-refractivity contribution in [2.24, 2.45) is 5.10 Å². The van der Waals surface area contributed by atoms with E-state index in [2.05, 4.69) is 29.7 Å². The summed E-state index contributed by atoms with van der Waals surface area (Å²) in [6.45, 7) is 5.91. The molecule has 0 radical (unpaired) electrons. The summed E-state index contributed by atoms with van der Waals surface area (Å²) in [5.74, 6) is 0.799. The van der Waals surface area contributed by atoms with Crippen LogP contribution in [-0.4, -0.2) is 31.7 Å². The Kier molecular flexibility index (Phi) is 7.77. The minimum absolute atomic E-state index is 0.0676. The van der Waals surface area contributed by atoms with E-state index in [0.717, 1.165) is 5.69 Å². The number of hydrazone groups is 1. The first-order valence-corrected chi connectivity index (χ1v) is 9.29. The molecule has 0 saturated carbocycles. The molecule has 0 atom stereocenters. The molecule has 0 fully saturated rings. The van der Waals surface area contributed by atoms with Crippen LogP contribution in [-0.2, 0) is 4.79 Å². The van der Waals surface area contributed by atoms with Crippen LogP contribution in [0.15, 0.2) is 47.6 Å². The Morgan fingerprint density at radius 3 is 2.24 bits per heavy atom. The van der Waals surface area contributed by atoms with Gasteiger partial charge in [-0.15, -0.1) is 0 Å². The molecule has 0 aliphatic carbocycles. The number of ether oxygens (including phenoxy) is 2. The second-order valence-electron chi connectivity index (χ2n) is 6.86. The molecule has 0 bridgehead atoms. The third kappa shape index (κ3) is 6.34. The standard InChI is InChI=1S/C22H27N3O4/c1-14(2)16-6-9-18(10-7-16)23-21(26)12-15(3)24-25-22(27)17-8-11-19(28-4)20(13-17)29-5/h6-11,13-14H,12H2,1-5H3,(H,23,26)(H,25,27)/b24-15+. The molecule has 29 heavy (non-hydrogen) atoms. The van der Waals surface area contributed by atoms with Crippen molar-refractivity contribution >= 4 is 23.2 Å². The van der Waals surface area contributed by atoms with E-state index in [1.165, 1.54) is 19.8 Å². The van der Waals surface area contributed by atoms with Crippen molar-refractivity contribution in [3.63, 3.8) is 0 Å². The largest absolute Gasteiger partial charge is 0.493 e. The smallest absolute Gasteiger partial charge is 0.271 e. The van der Waals surface area contributed by atoms with Crippen LogP contribution >= 0.6 is 0 Å². The number of methoxy groups -OCH3 is 2. The van der Waals surface area contributed by atoms with Crippen LogP contribution in [0.2, 0.25) is 0 Å². The molecule has 0 aliphatic heterocycles. The third-order valence-corrected chi connectivity index (χ3v) is 4.27. The lowest BCUT2D eigenvalue weighted by Crippen LogP contribution is -2.21. The Balaban J connectivity index is 1.92. The summed E-state index contributed by atoms with van der Waals surface area (Å²) in [6.07, 6.45) is 0.0676. The number of hydrogen-bond donors (Lipinski definition) is 2. The van der Waals surface area contributed by atoms with Crippen LogP contribution in [0, 0.1) is 0 Å². The zero-order chi connectivity index (χ0) is 21.4. The maximum Gasteiger partial charge on any atom is 0.271 e. The van der Waals surface area contributed by atoms with Gasteiger partial charge in [-0.2, -0.15) is 5.10 Å². The molecule has 0 saturated heterocycles. The molecule has 2 aromatic rings. The normalized spacial score (nSPS) is 11.2. The Hall–Kier alpha value is -3.35. The summed E-state index contributed by atoms with van der Waals surface area (Å²) in [7, 11) is 3.02. The number of carbonyl (C=O) groups is 2. The van der Waals surface area contributed by atoms with Crippen LogP contribution < -0.4 is 20.2 Å². The van der Waals surface area contributed by atoms with Gasteiger partial charge in [-0.1, -0.05) is 26.0 Å². The summed E-state index contributed by atoms with van der Waals surface area (Å²) in [4.78, 5) is 24.4. The fourth-order valence-electron chi connectivity index (χ4n) is 2.62. The minimum atomic E-state index is -0.407. The molecule has 0 unspecified atom stereocenters. The molecule has 154 valence electrons. The third-order valence-electron chi connectivity index (χ3n) is 4.27. The number of amides is 2. The van der Waals surface area contributed by atoms with E-state index in [1.807, 2.05) is 24.3 Å². The monoisotopic (exact) mass is 397 g/mol. The predicted molar refractivity (Wildman–Crippen MR) is 114 cm³/mol. The number of anilines is 1. The maximum absolute atomic E-state index is 12.3. The van der Waals surface area contributed by atoms with Crippen molar-refractivity contribution in [1.29, 1.82) is 0 Å². The van der Waals surface area contributed by atoms with Gasteiger partial charge in [0.2, 0.25) is 5.91 Å². The molecular weight excluding hydrogens is 370 g/mol. The van der Waals surface area contributed by atoms with Gasteiger partial charge in [0.05, 0.1) is 20.6 Å². The van der Waals surface area contributed by atoms with Gasteiger partial charge in [-0.3, -0.25) is 9.59 Å². The summed E-state index contributed by atoms with van der Waals surface area (Å²) in [5.41, 5.74) is 5.23. The molecule has 2 amide bonds. The number of benzene rings is 2. The highest BCUT2D eigenvalue weighted by Gasteiger charge is 2.11. The second-order valence-corrected chi connectivity index (χ2v) is 6.86.